The number of ether oxygens (including phenoxy) is 1. The molecule has 1 saturated carbocycles. The third kappa shape index (κ3) is 5.56. The van der Waals surface area contributed by atoms with Crippen molar-refractivity contribution in [3.05, 3.63) is 12.2 Å². The Kier molecular flexibility index (Phi) is 7.63. The smallest absolute Gasteiger partial charge is 0.309 e. The number of nitrogens with zero attached hydrogens (tertiary/aromatic N) is 1. The first-order valence-electron chi connectivity index (χ1n) is 9.55. The zero-order chi connectivity index (χ0) is 19.1. The summed E-state index contributed by atoms with van der Waals surface area (Å²) in [5.74, 6) is -0.328. The molecule has 0 aromatic heterocycles. The normalized spacial score (nSPS) is 26.1. The summed E-state index contributed by atoms with van der Waals surface area (Å²) in [6, 6.07) is -1.05. The number of primary amides is 1. The Morgan fingerprint density at radius 1 is 1.27 bits per heavy atom. The summed E-state index contributed by atoms with van der Waals surface area (Å²) >= 11 is 0. The number of hydrogen-bond donors (Lipinski definition) is 2. The first-order chi connectivity index (χ1) is 12.5. The first kappa shape index (κ1) is 20.4. The summed E-state index contributed by atoms with van der Waals surface area (Å²) in [6.07, 6.45) is 11.0. The zero-order valence-corrected chi connectivity index (χ0v) is 15.6. The van der Waals surface area contributed by atoms with Crippen molar-refractivity contribution in [2.24, 2.45) is 23.3 Å². The van der Waals surface area contributed by atoms with Crippen molar-refractivity contribution in [1.29, 1.82) is 0 Å². The summed E-state index contributed by atoms with van der Waals surface area (Å²) in [5.41, 5.74) is 11.4. The van der Waals surface area contributed by atoms with Crippen LogP contribution in [0.4, 0.5) is 0 Å². The zero-order valence-electron chi connectivity index (χ0n) is 15.6. The van der Waals surface area contributed by atoms with Gasteiger partial charge >= 0.3 is 5.97 Å². The number of unbranched alkanes of at least 4 members (excludes halogenated alkanes) is 3. The molecule has 2 rings (SSSR count). The predicted molar refractivity (Wildman–Crippen MR) is 97.7 cm³/mol. The SMILES string of the molecule is COC(=O)C1CC1/C=C\CCCCC[C@H](N)C(=O)N1CCCC1C(N)=O. The van der Waals surface area contributed by atoms with Gasteiger partial charge in [0, 0.05) is 6.54 Å². The average molecular weight is 365 g/mol. The fourth-order valence-corrected chi connectivity index (χ4v) is 3.59. The van der Waals surface area contributed by atoms with Crippen LogP contribution in [0.1, 0.15) is 51.4 Å². The molecule has 2 fully saturated rings. The number of carbonyl (C=O) groups excluding carboxylic acids is 3. The second-order valence-electron chi connectivity index (χ2n) is 7.29. The molecule has 0 radical (unpaired) electrons. The van der Waals surface area contributed by atoms with Crippen molar-refractivity contribution in [3.8, 4) is 0 Å². The van der Waals surface area contributed by atoms with E-state index in [1.165, 1.54) is 7.11 Å². The van der Waals surface area contributed by atoms with E-state index in [2.05, 4.69) is 12.2 Å². The number of rotatable bonds is 10. The quantitative estimate of drug-likeness (QED) is 0.342. The summed E-state index contributed by atoms with van der Waals surface area (Å²) < 4.78 is 4.72. The molecule has 1 aliphatic carbocycles. The number of methoxy groups -OCH3 is 1. The van der Waals surface area contributed by atoms with Crippen LogP contribution in [0.2, 0.25) is 0 Å². The molecule has 2 aliphatic rings. The second kappa shape index (κ2) is 9.71. The topological polar surface area (TPSA) is 116 Å². The Morgan fingerprint density at radius 3 is 2.73 bits per heavy atom. The Bertz CT molecular complexity index is 549. The molecule has 0 bridgehead atoms. The van der Waals surface area contributed by atoms with Crippen molar-refractivity contribution in [3.63, 3.8) is 0 Å². The molecule has 0 spiro atoms. The Morgan fingerprint density at radius 2 is 2.04 bits per heavy atom. The number of carbonyl (C=O) groups is 3. The van der Waals surface area contributed by atoms with Crippen LogP contribution in [0.3, 0.4) is 0 Å². The Hall–Kier alpha value is -1.89. The van der Waals surface area contributed by atoms with E-state index in [1.54, 1.807) is 4.90 Å². The Labute approximate surface area is 155 Å². The summed E-state index contributed by atoms with van der Waals surface area (Å²) in [6.45, 7) is 0.568. The van der Waals surface area contributed by atoms with Crippen LogP contribution in [0.15, 0.2) is 12.2 Å². The molecule has 0 aromatic carbocycles. The number of amides is 2. The summed E-state index contributed by atoms with van der Waals surface area (Å²) in [5, 5.41) is 0. The van der Waals surface area contributed by atoms with Crippen LogP contribution in [-0.2, 0) is 19.1 Å². The minimum atomic E-state index is -0.558. The van der Waals surface area contributed by atoms with Gasteiger partial charge in [-0.2, -0.15) is 0 Å². The van der Waals surface area contributed by atoms with Gasteiger partial charge in [0.25, 0.3) is 0 Å². The van der Waals surface area contributed by atoms with Gasteiger partial charge in [-0.05, 0) is 44.4 Å². The molecule has 3 unspecified atom stereocenters. The predicted octanol–water partition coefficient (Wildman–Crippen LogP) is 1.11. The number of hydrogen-bond acceptors (Lipinski definition) is 5. The maximum atomic E-state index is 12.4. The van der Waals surface area contributed by atoms with Crippen molar-refractivity contribution < 1.29 is 19.1 Å². The maximum absolute atomic E-state index is 12.4. The van der Waals surface area contributed by atoms with E-state index in [4.69, 9.17) is 16.2 Å². The van der Waals surface area contributed by atoms with Crippen LogP contribution in [0, 0.1) is 11.8 Å². The molecule has 0 aromatic rings. The highest BCUT2D eigenvalue weighted by molar-refractivity contribution is 5.89. The van der Waals surface area contributed by atoms with E-state index in [0.717, 1.165) is 38.5 Å². The second-order valence-corrected chi connectivity index (χ2v) is 7.29. The minimum absolute atomic E-state index is 0.0510. The number of likely N-dealkylation sites (tertiary alicyclic amines) is 1. The van der Waals surface area contributed by atoms with Gasteiger partial charge in [-0.3, -0.25) is 14.4 Å². The lowest BCUT2D eigenvalue weighted by atomic mass is 10.1. The fourth-order valence-electron chi connectivity index (χ4n) is 3.59. The third-order valence-corrected chi connectivity index (χ3v) is 5.29. The highest BCUT2D eigenvalue weighted by atomic mass is 16.5. The van der Waals surface area contributed by atoms with Gasteiger partial charge in [-0.25, -0.2) is 0 Å². The van der Waals surface area contributed by atoms with Crippen LogP contribution >= 0.6 is 0 Å². The van der Waals surface area contributed by atoms with Crippen LogP contribution in [0.25, 0.3) is 0 Å². The van der Waals surface area contributed by atoms with E-state index in [1.807, 2.05) is 0 Å². The molecule has 4 N–H and O–H groups in total. The van der Waals surface area contributed by atoms with Gasteiger partial charge < -0.3 is 21.1 Å². The van der Waals surface area contributed by atoms with E-state index in [-0.39, 0.29) is 17.8 Å². The van der Waals surface area contributed by atoms with Crippen LogP contribution in [-0.4, -0.2) is 48.4 Å². The maximum Gasteiger partial charge on any atom is 0.309 e. The van der Waals surface area contributed by atoms with E-state index in [0.29, 0.717) is 25.3 Å². The first-order valence-corrected chi connectivity index (χ1v) is 9.55. The number of esters is 1. The molecule has 7 heteroatoms. The molecule has 146 valence electrons. The van der Waals surface area contributed by atoms with Gasteiger partial charge in [0.2, 0.25) is 11.8 Å². The highest BCUT2D eigenvalue weighted by Gasteiger charge is 2.41. The molecular weight excluding hydrogens is 334 g/mol. The lowest BCUT2D eigenvalue weighted by Gasteiger charge is -2.25. The lowest BCUT2D eigenvalue weighted by Crippen LogP contribution is -2.50. The number of allylic oxidation sites excluding steroid dienone is 2. The summed E-state index contributed by atoms with van der Waals surface area (Å²) in [7, 11) is 1.43. The molecule has 26 heavy (non-hydrogen) atoms. The van der Waals surface area contributed by atoms with Crippen molar-refractivity contribution >= 4 is 17.8 Å². The number of nitrogens with two attached hydrogens (primary N) is 2. The minimum Gasteiger partial charge on any atom is -0.469 e. The fraction of sp³-hybridized carbons (Fsp3) is 0.737. The van der Waals surface area contributed by atoms with Crippen molar-refractivity contribution in [2.45, 2.75) is 63.5 Å². The Balaban J connectivity index is 1.56. The van der Waals surface area contributed by atoms with Gasteiger partial charge in [0.15, 0.2) is 0 Å². The van der Waals surface area contributed by atoms with Gasteiger partial charge in [-0.1, -0.05) is 25.0 Å². The van der Waals surface area contributed by atoms with Gasteiger partial charge in [-0.15, -0.1) is 0 Å². The molecular formula is C19H31N3O4. The van der Waals surface area contributed by atoms with E-state index >= 15 is 0 Å². The standard InChI is InChI=1S/C19H31N3O4/c1-26-19(25)14-12-13(14)8-5-3-2-4-6-9-15(20)18(24)22-11-7-10-16(22)17(21)23/h5,8,13-16H,2-4,6-7,9-12,20H2,1H3,(H2,21,23)/b8-5-/t13?,14?,15-,16?/m0/s1. The van der Waals surface area contributed by atoms with Gasteiger partial charge in [0.1, 0.15) is 6.04 Å². The van der Waals surface area contributed by atoms with E-state index < -0.39 is 18.0 Å². The highest BCUT2D eigenvalue weighted by Crippen LogP contribution is 2.40. The average Bonchev–Trinajstić information content (AvgIpc) is 3.22. The van der Waals surface area contributed by atoms with Gasteiger partial charge in [0.05, 0.1) is 19.1 Å². The van der Waals surface area contributed by atoms with Crippen molar-refractivity contribution in [1.82, 2.24) is 4.90 Å². The third-order valence-electron chi connectivity index (χ3n) is 5.29. The summed E-state index contributed by atoms with van der Waals surface area (Å²) in [4.78, 5) is 36.6. The molecule has 1 heterocycles. The monoisotopic (exact) mass is 365 g/mol. The molecule has 1 saturated heterocycles. The molecule has 7 nitrogen and oxygen atoms in total. The van der Waals surface area contributed by atoms with Crippen LogP contribution in [0.5, 0.6) is 0 Å². The largest absolute Gasteiger partial charge is 0.469 e. The van der Waals surface area contributed by atoms with Crippen LogP contribution < -0.4 is 11.5 Å². The lowest BCUT2D eigenvalue weighted by molar-refractivity contribution is -0.142. The van der Waals surface area contributed by atoms with E-state index in [9.17, 15) is 14.4 Å². The molecule has 4 atom stereocenters. The molecule has 1 aliphatic heterocycles. The van der Waals surface area contributed by atoms with Crippen molar-refractivity contribution in [2.75, 3.05) is 13.7 Å². The molecule has 2 amide bonds.